The van der Waals surface area contributed by atoms with E-state index in [4.69, 9.17) is 4.74 Å². The maximum absolute atomic E-state index is 12.8. The van der Waals surface area contributed by atoms with E-state index in [2.05, 4.69) is 33.2 Å². The van der Waals surface area contributed by atoms with E-state index < -0.39 is 0 Å². The molecule has 0 radical (unpaired) electrons. The summed E-state index contributed by atoms with van der Waals surface area (Å²) in [6, 6.07) is 9.94. The molecular formula is C21H26N4O2. The van der Waals surface area contributed by atoms with E-state index in [1.165, 1.54) is 5.56 Å². The summed E-state index contributed by atoms with van der Waals surface area (Å²) in [6.07, 6.45) is 3.60. The quantitative estimate of drug-likeness (QED) is 0.901. The Morgan fingerprint density at radius 1 is 1.19 bits per heavy atom. The number of anilines is 2. The lowest BCUT2D eigenvalue weighted by molar-refractivity contribution is -0.117. The Labute approximate surface area is 160 Å². The summed E-state index contributed by atoms with van der Waals surface area (Å²) in [5.74, 6) is 1.26. The van der Waals surface area contributed by atoms with Gasteiger partial charge in [0, 0.05) is 26.2 Å². The highest BCUT2D eigenvalue weighted by Crippen LogP contribution is 2.36. The number of ether oxygens (including phenoxy) is 1. The average molecular weight is 366 g/mol. The average Bonchev–Trinajstić information content (AvgIpc) is 3.12. The third-order valence-electron chi connectivity index (χ3n) is 5.61. The van der Waals surface area contributed by atoms with E-state index in [-0.39, 0.29) is 11.8 Å². The molecule has 1 fully saturated rings. The van der Waals surface area contributed by atoms with Crippen LogP contribution < -0.4 is 15.0 Å². The molecule has 27 heavy (non-hydrogen) atoms. The first kappa shape index (κ1) is 17.8. The summed E-state index contributed by atoms with van der Waals surface area (Å²) in [6.45, 7) is 4.13. The highest BCUT2D eigenvalue weighted by molar-refractivity contribution is 5.96. The van der Waals surface area contributed by atoms with Crippen molar-refractivity contribution in [3.05, 3.63) is 47.7 Å². The van der Waals surface area contributed by atoms with Gasteiger partial charge in [-0.25, -0.2) is 4.98 Å². The summed E-state index contributed by atoms with van der Waals surface area (Å²) in [5, 5.41) is 2.98. The minimum Gasteiger partial charge on any atom is -0.497 e. The maximum atomic E-state index is 12.8. The van der Waals surface area contributed by atoms with E-state index in [9.17, 15) is 4.79 Å². The van der Waals surface area contributed by atoms with Gasteiger partial charge in [0.2, 0.25) is 5.91 Å². The molecule has 1 aromatic heterocycles. The fraction of sp³-hybridized carbons (Fsp3) is 0.429. The number of pyridine rings is 1. The van der Waals surface area contributed by atoms with Crippen LogP contribution in [-0.2, 0) is 11.2 Å². The molecule has 4 rings (SSSR count). The Morgan fingerprint density at radius 3 is 2.70 bits per heavy atom. The number of hydrogen-bond acceptors (Lipinski definition) is 5. The van der Waals surface area contributed by atoms with Crippen molar-refractivity contribution < 1.29 is 9.53 Å². The fourth-order valence-electron chi connectivity index (χ4n) is 3.90. The molecule has 2 heterocycles. The molecule has 0 spiro atoms. The number of aromatic nitrogens is 1. The second kappa shape index (κ2) is 7.56. The number of fused-ring (bicyclic) bond motifs is 1. The minimum absolute atomic E-state index is 0.00171. The van der Waals surface area contributed by atoms with Gasteiger partial charge in [0.25, 0.3) is 0 Å². The van der Waals surface area contributed by atoms with Crippen LogP contribution in [0, 0.1) is 0 Å². The largest absolute Gasteiger partial charge is 0.497 e. The second-order valence-corrected chi connectivity index (χ2v) is 7.34. The summed E-state index contributed by atoms with van der Waals surface area (Å²) < 4.78 is 5.31. The van der Waals surface area contributed by atoms with Crippen LogP contribution in [0.4, 0.5) is 11.5 Å². The Bertz CT molecular complexity index is 813. The molecule has 1 aliphatic carbocycles. The molecule has 0 bridgehead atoms. The van der Waals surface area contributed by atoms with Crippen molar-refractivity contribution in [1.82, 2.24) is 9.88 Å². The molecule has 1 atom stereocenters. The molecule has 1 saturated heterocycles. The summed E-state index contributed by atoms with van der Waals surface area (Å²) in [4.78, 5) is 21.9. The van der Waals surface area contributed by atoms with E-state index in [1.54, 1.807) is 7.11 Å². The number of benzene rings is 1. The van der Waals surface area contributed by atoms with Gasteiger partial charge in [-0.3, -0.25) is 4.79 Å². The summed E-state index contributed by atoms with van der Waals surface area (Å²) in [5.41, 5.74) is 3.41. The van der Waals surface area contributed by atoms with Gasteiger partial charge in [-0.05, 0) is 55.3 Å². The number of rotatable bonds is 4. The first-order chi connectivity index (χ1) is 13.1. The molecule has 2 aromatic rings. The zero-order valence-electron chi connectivity index (χ0n) is 15.9. The molecule has 1 aromatic carbocycles. The third-order valence-corrected chi connectivity index (χ3v) is 5.61. The Hall–Kier alpha value is -2.60. The van der Waals surface area contributed by atoms with Crippen LogP contribution in [0.25, 0.3) is 0 Å². The fourth-order valence-corrected chi connectivity index (χ4v) is 3.90. The van der Waals surface area contributed by atoms with Gasteiger partial charge >= 0.3 is 0 Å². The van der Waals surface area contributed by atoms with Crippen LogP contribution in [0.15, 0.2) is 36.5 Å². The van der Waals surface area contributed by atoms with Crippen LogP contribution in [0.2, 0.25) is 0 Å². The molecule has 1 N–H and O–H groups in total. The monoisotopic (exact) mass is 366 g/mol. The van der Waals surface area contributed by atoms with Gasteiger partial charge in [-0.2, -0.15) is 0 Å². The number of carbonyl (C=O) groups is 1. The van der Waals surface area contributed by atoms with Crippen molar-refractivity contribution in [3.8, 4) is 5.75 Å². The van der Waals surface area contributed by atoms with Gasteiger partial charge in [0.15, 0.2) is 0 Å². The molecule has 6 heteroatoms. The lowest BCUT2D eigenvalue weighted by atomic mass is 10.00. The normalized spacial score (nSPS) is 19.6. The van der Waals surface area contributed by atoms with Gasteiger partial charge < -0.3 is 19.9 Å². The SMILES string of the molecule is COc1ccc2c(c1)C(C(=O)Nc1ccc(N3CCN(C)CC3)cn1)CC2. The van der Waals surface area contributed by atoms with Crippen LogP contribution >= 0.6 is 0 Å². The Kier molecular flexibility index (Phi) is 4.99. The van der Waals surface area contributed by atoms with Crippen molar-refractivity contribution in [1.29, 1.82) is 0 Å². The molecule has 6 nitrogen and oxygen atoms in total. The lowest BCUT2D eigenvalue weighted by Crippen LogP contribution is -2.44. The van der Waals surface area contributed by atoms with Crippen molar-refractivity contribution >= 4 is 17.4 Å². The van der Waals surface area contributed by atoms with Gasteiger partial charge in [-0.15, -0.1) is 0 Å². The van der Waals surface area contributed by atoms with Crippen LogP contribution in [0.5, 0.6) is 5.75 Å². The molecular weight excluding hydrogens is 340 g/mol. The summed E-state index contributed by atoms with van der Waals surface area (Å²) >= 11 is 0. The Balaban J connectivity index is 1.42. The van der Waals surface area contributed by atoms with Crippen molar-refractivity contribution in [2.24, 2.45) is 0 Å². The molecule has 0 saturated carbocycles. The molecule has 1 amide bonds. The zero-order valence-corrected chi connectivity index (χ0v) is 15.9. The predicted octanol–water partition coefficient (Wildman–Crippen LogP) is 2.51. The predicted molar refractivity (Wildman–Crippen MR) is 107 cm³/mol. The van der Waals surface area contributed by atoms with E-state index in [0.717, 1.165) is 56.0 Å². The Morgan fingerprint density at radius 2 is 2.00 bits per heavy atom. The number of amides is 1. The van der Waals surface area contributed by atoms with Crippen molar-refractivity contribution in [2.45, 2.75) is 18.8 Å². The number of piperazine rings is 1. The van der Waals surface area contributed by atoms with E-state index >= 15 is 0 Å². The topological polar surface area (TPSA) is 57.7 Å². The number of carbonyl (C=O) groups excluding carboxylic acids is 1. The number of nitrogens with one attached hydrogen (secondary N) is 1. The van der Waals surface area contributed by atoms with E-state index in [1.807, 2.05) is 30.5 Å². The van der Waals surface area contributed by atoms with Gasteiger partial charge in [0.1, 0.15) is 11.6 Å². The maximum Gasteiger partial charge on any atom is 0.233 e. The second-order valence-electron chi connectivity index (χ2n) is 7.34. The van der Waals surface area contributed by atoms with Crippen LogP contribution in [0.1, 0.15) is 23.5 Å². The molecule has 1 aliphatic heterocycles. The summed E-state index contributed by atoms with van der Waals surface area (Å²) in [7, 11) is 3.79. The third kappa shape index (κ3) is 3.76. The first-order valence-electron chi connectivity index (χ1n) is 9.51. The van der Waals surface area contributed by atoms with Crippen LogP contribution in [0.3, 0.4) is 0 Å². The lowest BCUT2D eigenvalue weighted by Gasteiger charge is -2.33. The standard InChI is InChI=1S/C21H26N4O2/c1-24-9-11-25(12-10-24)16-5-8-20(22-14-16)23-21(26)18-7-4-15-3-6-17(27-2)13-19(15)18/h3,5-6,8,13-14,18H,4,7,9-12H2,1-2H3,(H,22,23,26). The zero-order chi connectivity index (χ0) is 18.8. The molecule has 142 valence electrons. The van der Waals surface area contributed by atoms with E-state index in [0.29, 0.717) is 5.82 Å². The number of likely N-dealkylation sites (N-methyl/N-ethyl adjacent to an activating group) is 1. The van der Waals surface area contributed by atoms with Crippen molar-refractivity contribution in [3.63, 3.8) is 0 Å². The smallest absolute Gasteiger partial charge is 0.233 e. The van der Waals surface area contributed by atoms with Gasteiger partial charge in [0.05, 0.1) is 24.9 Å². The van der Waals surface area contributed by atoms with Gasteiger partial charge in [-0.1, -0.05) is 6.07 Å². The number of aryl methyl sites for hydroxylation is 1. The highest BCUT2D eigenvalue weighted by atomic mass is 16.5. The molecule has 2 aliphatic rings. The number of nitrogens with zero attached hydrogens (tertiary/aromatic N) is 3. The first-order valence-corrected chi connectivity index (χ1v) is 9.51. The number of hydrogen-bond donors (Lipinski definition) is 1. The molecule has 1 unspecified atom stereocenters. The van der Waals surface area contributed by atoms with Crippen molar-refractivity contribution in [2.75, 3.05) is 50.6 Å². The highest BCUT2D eigenvalue weighted by Gasteiger charge is 2.29. The van der Waals surface area contributed by atoms with Crippen LogP contribution in [-0.4, -0.2) is 56.1 Å². The minimum atomic E-state index is -0.144. The number of methoxy groups -OCH3 is 1.